The van der Waals surface area contributed by atoms with Crippen LogP contribution < -0.4 is 0 Å². The molecule has 74 valence electrons. The van der Waals surface area contributed by atoms with Crippen molar-refractivity contribution in [2.24, 2.45) is 0 Å². The summed E-state index contributed by atoms with van der Waals surface area (Å²) in [5.41, 5.74) is 2.17. The first-order valence-electron chi connectivity index (χ1n) is 4.32. The molecule has 1 heterocycles. The Morgan fingerprint density at radius 2 is 2.21 bits per heavy atom. The fourth-order valence-corrected chi connectivity index (χ4v) is 2.06. The molecule has 0 fully saturated rings. The molecular weight excluding hydrogens is 221 g/mol. The maximum atomic E-state index is 11.3. The molecule has 14 heavy (non-hydrogen) atoms. The third kappa shape index (κ3) is 1.60. The number of hydrogen-bond acceptors (Lipinski definition) is 1. The van der Waals surface area contributed by atoms with Gasteiger partial charge in [-0.1, -0.05) is 23.7 Å². The zero-order valence-corrected chi connectivity index (χ0v) is 8.98. The van der Waals surface area contributed by atoms with E-state index in [0.717, 1.165) is 16.1 Å². The van der Waals surface area contributed by atoms with Crippen molar-refractivity contribution < 1.29 is 4.79 Å². The lowest BCUT2D eigenvalue weighted by molar-refractivity contribution is -0.129. The lowest BCUT2D eigenvalue weighted by atomic mass is 10.1. The van der Waals surface area contributed by atoms with Gasteiger partial charge in [-0.3, -0.25) is 4.79 Å². The molecule has 1 aliphatic rings. The number of amides is 1. The minimum absolute atomic E-state index is 0.0333. The van der Waals surface area contributed by atoms with Crippen molar-refractivity contribution in [1.82, 2.24) is 4.90 Å². The maximum absolute atomic E-state index is 11.3. The lowest BCUT2D eigenvalue weighted by Gasteiger charge is -2.12. The summed E-state index contributed by atoms with van der Waals surface area (Å²) < 4.78 is 0. The van der Waals surface area contributed by atoms with Crippen molar-refractivity contribution in [1.29, 1.82) is 0 Å². The summed E-state index contributed by atoms with van der Waals surface area (Å²) in [7, 11) is 0. The molecule has 1 aromatic rings. The average molecular weight is 230 g/mol. The fourth-order valence-electron chi connectivity index (χ4n) is 1.64. The van der Waals surface area contributed by atoms with Crippen molar-refractivity contribution >= 4 is 29.1 Å². The highest BCUT2D eigenvalue weighted by Gasteiger charge is 2.23. The van der Waals surface area contributed by atoms with E-state index in [0.29, 0.717) is 13.1 Å². The standard InChI is InChI=1S/C10H9Cl2NO/c11-4-10(14)13-5-7-2-1-3-9(12)8(7)6-13/h1-3H,4-6H2. The van der Waals surface area contributed by atoms with Gasteiger partial charge in [0.05, 0.1) is 0 Å². The summed E-state index contributed by atoms with van der Waals surface area (Å²) >= 11 is 11.5. The Labute approximate surface area is 92.4 Å². The number of fused-ring (bicyclic) bond motifs is 1. The Morgan fingerprint density at radius 3 is 2.86 bits per heavy atom. The Bertz CT molecular complexity index is 378. The lowest BCUT2D eigenvalue weighted by Crippen LogP contribution is -2.26. The van der Waals surface area contributed by atoms with Crippen LogP contribution in [-0.4, -0.2) is 16.7 Å². The van der Waals surface area contributed by atoms with E-state index in [1.807, 2.05) is 18.2 Å². The number of hydrogen-bond donors (Lipinski definition) is 0. The molecular formula is C10H9Cl2NO. The molecule has 1 amide bonds. The molecule has 0 spiro atoms. The SMILES string of the molecule is O=C(CCl)N1Cc2cccc(Cl)c2C1. The van der Waals surface area contributed by atoms with Gasteiger partial charge < -0.3 is 4.90 Å². The van der Waals surface area contributed by atoms with Gasteiger partial charge in [-0.2, -0.15) is 0 Å². The zero-order valence-electron chi connectivity index (χ0n) is 7.46. The highest BCUT2D eigenvalue weighted by Crippen LogP contribution is 2.28. The first-order valence-corrected chi connectivity index (χ1v) is 5.23. The molecule has 2 rings (SSSR count). The average Bonchev–Trinajstić information content (AvgIpc) is 2.62. The quantitative estimate of drug-likeness (QED) is 0.678. The third-order valence-corrected chi connectivity index (χ3v) is 2.98. The molecule has 0 saturated carbocycles. The number of alkyl halides is 1. The smallest absolute Gasteiger partial charge is 0.238 e. The molecule has 0 N–H and O–H groups in total. The number of carbonyl (C=O) groups excluding carboxylic acids is 1. The van der Waals surface area contributed by atoms with Gasteiger partial charge in [0, 0.05) is 18.1 Å². The molecule has 1 aromatic carbocycles. The van der Waals surface area contributed by atoms with Crippen LogP contribution in [0.2, 0.25) is 5.02 Å². The molecule has 4 heteroatoms. The molecule has 0 radical (unpaired) electrons. The number of carbonyl (C=O) groups is 1. The van der Waals surface area contributed by atoms with E-state index in [1.54, 1.807) is 4.90 Å². The van der Waals surface area contributed by atoms with Crippen LogP contribution in [0.15, 0.2) is 18.2 Å². The van der Waals surface area contributed by atoms with Crippen LogP contribution in [-0.2, 0) is 17.9 Å². The topological polar surface area (TPSA) is 20.3 Å². The van der Waals surface area contributed by atoms with Crippen LogP contribution >= 0.6 is 23.2 Å². The van der Waals surface area contributed by atoms with E-state index >= 15 is 0 Å². The molecule has 0 atom stereocenters. The maximum Gasteiger partial charge on any atom is 0.238 e. The Morgan fingerprint density at radius 1 is 1.43 bits per heavy atom. The first kappa shape index (κ1) is 9.81. The molecule has 2 nitrogen and oxygen atoms in total. The van der Waals surface area contributed by atoms with Gasteiger partial charge in [-0.15, -0.1) is 11.6 Å². The first-order chi connectivity index (χ1) is 6.72. The van der Waals surface area contributed by atoms with Gasteiger partial charge in [0.25, 0.3) is 0 Å². The molecule has 0 bridgehead atoms. The Kier molecular flexibility index (Phi) is 2.66. The van der Waals surface area contributed by atoms with Gasteiger partial charge in [0.2, 0.25) is 5.91 Å². The van der Waals surface area contributed by atoms with Crippen LogP contribution in [0.5, 0.6) is 0 Å². The number of benzene rings is 1. The van der Waals surface area contributed by atoms with E-state index in [4.69, 9.17) is 23.2 Å². The molecule has 0 aromatic heterocycles. The van der Waals surface area contributed by atoms with E-state index in [2.05, 4.69) is 0 Å². The highest BCUT2D eigenvalue weighted by atomic mass is 35.5. The summed E-state index contributed by atoms with van der Waals surface area (Å²) in [6.45, 7) is 1.21. The van der Waals surface area contributed by atoms with Gasteiger partial charge in [0.1, 0.15) is 5.88 Å². The molecule has 0 saturated heterocycles. The molecule has 1 aliphatic heterocycles. The van der Waals surface area contributed by atoms with Crippen molar-refractivity contribution in [3.8, 4) is 0 Å². The summed E-state index contributed by atoms with van der Waals surface area (Å²) in [6.07, 6.45) is 0. The summed E-state index contributed by atoms with van der Waals surface area (Å²) in [5, 5.41) is 0.729. The summed E-state index contributed by atoms with van der Waals surface area (Å²) in [6, 6.07) is 5.73. The van der Waals surface area contributed by atoms with E-state index in [1.165, 1.54) is 0 Å². The second-order valence-corrected chi connectivity index (χ2v) is 3.94. The van der Waals surface area contributed by atoms with Crippen molar-refractivity contribution in [2.75, 3.05) is 5.88 Å². The minimum atomic E-state index is -0.0427. The summed E-state index contributed by atoms with van der Waals surface area (Å²) in [4.78, 5) is 13.1. The van der Waals surface area contributed by atoms with Crippen LogP contribution in [0.1, 0.15) is 11.1 Å². The normalized spacial score (nSPS) is 14.3. The van der Waals surface area contributed by atoms with Crippen LogP contribution in [0, 0.1) is 0 Å². The second-order valence-electron chi connectivity index (χ2n) is 3.26. The van der Waals surface area contributed by atoms with Crippen molar-refractivity contribution in [2.45, 2.75) is 13.1 Å². The van der Waals surface area contributed by atoms with Crippen LogP contribution in [0.25, 0.3) is 0 Å². The van der Waals surface area contributed by atoms with Gasteiger partial charge in [-0.25, -0.2) is 0 Å². The molecule has 0 unspecified atom stereocenters. The predicted molar refractivity (Wildman–Crippen MR) is 56.4 cm³/mol. The van der Waals surface area contributed by atoms with E-state index in [-0.39, 0.29) is 11.8 Å². The van der Waals surface area contributed by atoms with Crippen LogP contribution in [0.4, 0.5) is 0 Å². The number of halogens is 2. The van der Waals surface area contributed by atoms with Gasteiger partial charge in [0.15, 0.2) is 0 Å². The summed E-state index contributed by atoms with van der Waals surface area (Å²) in [5.74, 6) is -0.00931. The highest BCUT2D eigenvalue weighted by molar-refractivity contribution is 6.31. The largest absolute Gasteiger partial charge is 0.333 e. The third-order valence-electron chi connectivity index (χ3n) is 2.39. The van der Waals surface area contributed by atoms with Crippen molar-refractivity contribution in [3.05, 3.63) is 34.3 Å². The van der Waals surface area contributed by atoms with Crippen LogP contribution in [0.3, 0.4) is 0 Å². The monoisotopic (exact) mass is 229 g/mol. The number of nitrogens with zero attached hydrogens (tertiary/aromatic N) is 1. The van der Waals surface area contributed by atoms with Crippen molar-refractivity contribution in [3.63, 3.8) is 0 Å². The second kappa shape index (κ2) is 3.79. The molecule has 0 aliphatic carbocycles. The van der Waals surface area contributed by atoms with E-state index in [9.17, 15) is 4.79 Å². The predicted octanol–water partition coefficient (Wildman–Crippen LogP) is 2.42. The zero-order chi connectivity index (χ0) is 10.1. The van der Waals surface area contributed by atoms with E-state index < -0.39 is 0 Å². The Balaban J connectivity index is 2.26. The van der Waals surface area contributed by atoms with Gasteiger partial charge in [-0.05, 0) is 17.2 Å². The van der Waals surface area contributed by atoms with Gasteiger partial charge >= 0.3 is 0 Å². The minimum Gasteiger partial charge on any atom is -0.333 e. The fraction of sp³-hybridized carbons (Fsp3) is 0.300. The number of rotatable bonds is 1. The Hall–Kier alpha value is -0.730.